The minimum absolute atomic E-state index is 0.144. The molecule has 2 rings (SSSR count). The lowest BCUT2D eigenvalue weighted by molar-refractivity contribution is 0.0941. The Hall–Kier alpha value is -1.56. The first-order chi connectivity index (χ1) is 7.18. The minimum Gasteiger partial charge on any atom is -0.383 e. The fourth-order valence-corrected chi connectivity index (χ4v) is 1.66. The van der Waals surface area contributed by atoms with E-state index in [9.17, 15) is 4.79 Å². The number of aryl methyl sites for hydroxylation is 1. The van der Waals surface area contributed by atoms with Crippen molar-refractivity contribution in [2.45, 2.75) is 12.5 Å². The monoisotopic (exact) mass is 209 g/mol. The standard InChI is InChI=1S/C9H15N5O/c1-14-8(10)7(5-12-14)9(15)13-6-2-3-11-4-6/h5-6,11H,2-4,10H2,1H3,(H,13,15). The Morgan fingerprint density at radius 2 is 2.60 bits per heavy atom. The van der Waals surface area contributed by atoms with Gasteiger partial charge < -0.3 is 16.4 Å². The molecule has 15 heavy (non-hydrogen) atoms. The molecule has 0 spiro atoms. The zero-order valence-corrected chi connectivity index (χ0v) is 8.66. The molecule has 0 bridgehead atoms. The predicted octanol–water partition coefficient (Wildman–Crippen LogP) is -0.906. The molecule has 1 atom stereocenters. The van der Waals surface area contributed by atoms with Gasteiger partial charge in [0.15, 0.2) is 0 Å². The Kier molecular flexibility index (Phi) is 2.59. The minimum atomic E-state index is -0.144. The van der Waals surface area contributed by atoms with Gasteiger partial charge in [-0.3, -0.25) is 9.48 Å². The lowest BCUT2D eigenvalue weighted by atomic mass is 10.2. The zero-order chi connectivity index (χ0) is 10.8. The normalized spacial score (nSPS) is 20.5. The van der Waals surface area contributed by atoms with Crippen LogP contribution in [0.5, 0.6) is 0 Å². The second kappa shape index (κ2) is 3.90. The van der Waals surface area contributed by atoms with Crippen LogP contribution in [0.2, 0.25) is 0 Å². The van der Waals surface area contributed by atoms with Crippen LogP contribution >= 0.6 is 0 Å². The number of anilines is 1. The van der Waals surface area contributed by atoms with E-state index >= 15 is 0 Å². The molecular formula is C9H15N5O. The van der Waals surface area contributed by atoms with E-state index in [2.05, 4.69) is 15.7 Å². The molecule has 2 heterocycles. The van der Waals surface area contributed by atoms with Crippen molar-refractivity contribution in [3.05, 3.63) is 11.8 Å². The van der Waals surface area contributed by atoms with Crippen molar-refractivity contribution in [1.29, 1.82) is 0 Å². The summed E-state index contributed by atoms with van der Waals surface area (Å²) >= 11 is 0. The molecule has 82 valence electrons. The average Bonchev–Trinajstić information content (AvgIpc) is 2.79. The fraction of sp³-hybridized carbons (Fsp3) is 0.556. The van der Waals surface area contributed by atoms with Crippen LogP contribution in [-0.4, -0.2) is 34.8 Å². The third-order valence-corrected chi connectivity index (χ3v) is 2.62. The van der Waals surface area contributed by atoms with E-state index in [1.54, 1.807) is 7.05 Å². The number of nitrogens with one attached hydrogen (secondary N) is 2. The second-order valence-corrected chi connectivity index (χ2v) is 3.73. The molecule has 1 aliphatic heterocycles. The van der Waals surface area contributed by atoms with Crippen molar-refractivity contribution in [2.75, 3.05) is 18.8 Å². The van der Waals surface area contributed by atoms with E-state index in [0.717, 1.165) is 19.5 Å². The first-order valence-electron chi connectivity index (χ1n) is 4.97. The highest BCUT2D eigenvalue weighted by atomic mass is 16.1. The smallest absolute Gasteiger partial charge is 0.256 e. The Morgan fingerprint density at radius 3 is 3.13 bits per heavy atom. The van der Waals surface area contributed by atoms with Gasteiger partial charge in [-0.05, 0) is 13.0 Å². The van der Waals surface area contributed by atoms with Crippen LogP contribution in [0.1, 0.15) is 16.8 Å². The third-order valence-electron chi connectivity index (χ3n) is 2.62. The SMILES string of the molecule is Cn1ncc(C(=O)NC2CCNC2)c1N. The topological polar surface area (TPSA) is 85.0 Å². The zero-order valence-electron chi connectivity index (χ0n) is 8.66. The third kappa shape index (κ3) is 1.94. The van der Waals surface area contributed by atoms with Gasteiger partial charge in [-0.1, -0.05) is 0 Å². The second-order valence-electron chi connectivity index (χ2n) is 3.73. The summed E-state index contributed by atoms with van der Waals surface area (Å²) in [6.45, 7) is 1.78. The molecular weight excluding hydrogens is 194 g/mol. The predicted molar refractivity (Wildman–Crippen MR) is 56.4 cm³/mol. The molecule has 6 heteroatoms. The molecule has 0 aromatic carbocycles. The summed E-state index contributed by atoms with van der Waals surface area (Å²) in [6, 6.07) is 0.206. The van der Waals surface area contributed by atoms with Gasteiger partial charge in [0.25, 0.3) is 5.91 Å². The van der Waals surface area contributed by atoms with Gasteiger partial charge in [-0.25, -0.2) is 0 Å². The summed E-state index contributed by atoms with van der Waals surface area (Å²) in [4.78, 5) is 11.8. The quantitative estimate of drug-likeness (QED) is 0.589. The number of rotatable bonds is 2. The molecule has 1 aliphatic rings. The van der Waals surface area contributed by atoms with Gasteiger partial charge in [0.2, 0.25) is 0 Å². The number of nitrogens with two attached hydrogens (primary N) is 1. The number of amides is 1. The lowest BCUT2D eigenvalue weighted by Crippen LogP contribution is -2.36. The maximum absolute atomic E-state index is 11.8. The van der Waals surface area contributed by atoms with Crippen LogP contribution in [0.15, 0.2) is 6.20 Å². The molecule has 1 aromatic rings. The van der Waals surface area contributed by atoms with Gasteiger partial charge in [-0.15, -0.1) is 0 Å². The highest BCUT2D eigenvalue weighted by Gasteiger charge is 2.20. The molecule has 0 saturated carbocycles. The molecule has 4 N–H and O–H groups in total. The first-order valence-corrected chi connectivity index (χ1v) is 4.97. The highest BCUT2D eigenvalue weighted by molar-refractivity contribution is 5.98. The number of aromatic nitrogens is 2. The number of carbonyl (C=O) groups excluding carboxylic acids is 1. The number of hydrogen-bond donors (Lipinski definition) is 3. The number of hydrogen-bond acceptors (Lipinski definition) is 4. The molecule has 0 aliphatic carbocycles. The average molecular weight is 209 g/mol. The molecule has 0 radical (unpaired) electrons. The summed E-state index contributed by atoms with van der Waals surface area (Å²) in [5.74, 6) is 0.257. The molecule has 1 saturated heterocycles. The van der Waals surface area contributed by atoms with Gasteiger partial charge >= 0.3 is 0 Å². The largest absolute Gasteiger partial charge is 0.383 e. The summed E-state index contributed by atoms with van der Waals surface area (Å²) in [7, 11) is 1.71. The summed E-state index contributed by atoms with van der Waals surface area (Å²) < 4.78 is 1.49. The van der Waals surface area contributed by atoms with E-state index in [1.165, 1.54) is 10.9 Å². The maximum atomic E-state index is 11.8. The highest BCUT2D eigenvalue weighted by Crippen LogP contribution is 2.09. The van der Waals surface area contributed by atoms with Crippen LogP contribution in [0.25, 0.3) is 0 Å². The van der Waals surface area contributed by atoms with Crippen molar-refractivity contribution in [3.63, 3.8) is 0 Å². The molecule has 1 fully saturated rings. The Morgan fingerprint density at radius 1 is 1.80 bits per heavy atom. The van der Waals surface area contributed by atoms with Crippen LogP contribution in [-0.2, 0) is 7.05 Å². The van der Waals surface area contributed by atoms with Crippen LogP contribution < -0.4 is 16.4 Å². The summed E-state index contributed by atoms with van der Waals surface area (Å²) in [5, 5.41) is 10.0. The Balaban J connectivity index is 2.04. The molecule has 6 nitrogen and oxygen atoms in total. The van der Waals surface area contributed by atoms with Crippen molar-refractivity contribution in [1.82, 2.24) is 20.4 Å². The van der Waals surface area contributed by atoms with Gasteiger partial charge in [0.05, 0.1) is 6.20 Å². The first kappa shape index (κ1) is 9.97. The van der Waals surface area contributed by atoms with Crippen LogP contribution in [0, 0.1) is 0 Å². The van der Waals surface area contributed by atoms with E-state index in [0.29, 0.717) is 11.4 Å². The van der Waals surface area contributed by atoms with Gasteiger partial charge in [0.1, 0.15) is 11.4 Å². The Labute approximate surface area is 87.8 Å². The van der Waals surface area contributed by atoms with Crippen molar-refractivity contribution < 1.29 is 4.79 Å². The van der Waals surface area contributed by atoms with E-state index in [4.69, 9.17) is 5.73 Å². The molecule has 1 aromatic heterocycles. The van der Waals surface area contributed by atoms with Crippen molar-refractivity contribution >= 4 is 11.7 Å². The van der Waals surface area contributed by atoms with E-state index in [1.807, 2.05) is 0 Å². The summed E-state index contributed by atoms with van der Waals surface area (Å²) in [5.41, 5.74) is 6.15. The summed E-state index contributed by atoms with van der Waals surface area (Å²) in [6.07, 6.45) is 2.46. The van der Waals surface area contributed by atoms with Crippen LogP contribution in [0.4, 0.5) is 5.82 Å². The molecule has 1 amide bonds. The Bertz CT molecular complexity index is 367. The van der Waals surface area contributed by atoms with Gasteiger partial charge in [0, 0.05) is 19.6 Å². The van der Waals surface area contributed by atoms with E-state index in [-0.39, 0.29) is 11.9 Å². The number of nitrogens with zero attached hydrogens (tertiary/aromatic N) is 2. The van der Waals surface area contributed by atoms with Gasteiger partial charge in [-0.2, -0.15) is 5.10 Å². The van der Waals surface area contributed by atoms with Crippen LogP contribution in [0.3, 0.4) is 0 Å². The lowest BCUT2D eigenvalue weighted by Gasteiger charge is -2.10. The van der Waals surface area contributed by atoms with E-state index < -0.39 is 0 Å². The van der Waals surface area contributed by atoms with Crippen molar-refractivity contribution in [3.8, 4) is 0 Å². The fourth-order valence-electron chi connectivity index (χ4n) is 1.66. The van der Waals surface area contributed by atoms with Crippen molar-refractivity contribution in [2.24, 2.45) is 7.05 Å². The number of nitrogen functional groups attached to an aromatic ring is 1. The molecule has 1 unspecified atom stereocenters. The maximum Gasteiger partial charge on any atom is 0.256 e. The number of carbonyl (C=O) groups is 1.